The van der Waals surface area contributed by atoms with Crippen LogP contribution in [0.1, 0.15) is 64.9 Å². The van der Waals surface area contributed by atoms with Gasteiger partial charge >= 0.3 is 0 Å². The van der Waals surface area contributed by atoms with Gasteiger partial charge in [-0.1, -0.05) is 40.0 Å². The molecule has 0 atom stereocenters. The minimum absolute atomic E-state index is 0.956. The molecule has 2 heteroatoms. The zero-order valence-electron chi connectivity index (χ0n) is 15.2. The SMILES string of the molecule is CCCC[N+](CCCC)(CCCC)Cc1ccc(OC)cc1. The largest absolute Gasteiger partial charge is 0.497 e. The first-order valence-electron chi connectivity index (χ1n) is 9.17. The van der Waals surface area contributed by atoms with Gasteiger partial charge in [-0.05, 0) is 43.5 Å². The number of quaternary nitrogens is 1. The molecule has 0 aliphatic rings. The summed E-state index contributed by atoms with van der Waals surface area (Å²) < 4.78 is 6.55. The number of methoxy groups -OCH3 is 1. The monoisotopic (exact) mass is 306 g/mol. The average molecular weight is 307 g/mol. The molecule has 0 aromatic heterocycles. The third-order valence-electron chi connectivity index (χ3n) is 4.64. The summed E-state index contributed by atoms with van der Waals surface area (Å²) in [6.45, 7) is 12.1. The van der Waals surface area contributed by atoms with E-state index < -0.39 is 0 Å². The van der Waals surface area contributed by atoms with Crippen LogP contribution in [-0.4, -0.2) is 31.2 Å². The number of unbranched alkanes of at least 4 members (excludes halogenated alkanes) is 3. The summed E-state index contributed by atoms with van der Waals surface area (Å²) >= 11 is 0. The molecule has 0 fully saturated rings. The Bertz CT molecular complexity index is 363. The zero-order chi connectivity index (χ0) is 16.3. The molecule has 0 bridgehead atoms. The number of rotatable bonds is 12. The van der Waals surface area contributed by atoms with E-state index in [4.69, 9.17) is 4.74 Å². The van der Waals surface area contributed by atoms with E-state index in [1.807, 2.05) is 0 Å². The van der Waals surface area contributed by atoms with Crippen molar-refractivity contribution < 1.29 is 9.22 Å². The summed E-state index contributed by atoms with van der Waals surface area (Å²) in [6, 6.07) is 8.69. The lowest BCUT2D eigenvalue weighted by Gasteiger charge is -2.39. The number of hydrogen-bond donors (Lipinski definition) is 0. The second kappa shape index (κ2) is 10.7. The Kier molecular flexibility index (Phi) is 9.22. The highest BCUT2D eigenvalue weighted by Crippen LogP contribution is 2.21. The Morgan fingerprint density at radius 1 is 0.773 bits per heavy atom. The number of hydrogen-bond acceptors (Lipinski definition) is 1. The lowest BCUT2D eigenvalue weighted by molar-refractivity contribution is -0.941. The fourth-order valence-corrected chi connectivity index (χ4v) is 3.17. The first kappa shape index (κ1) is 19.0. The standard InChI is InChI=1S/C20H36NO/c1-5-8-15-21(16-9-6-2,17-10-7-3)18-19-11-13-20(22-4)14-12-19/h11-14H,5-10,15-18H2,1-4H3/q+1. The van der Waals surface area contributed by atoms with E-state index in [1.54, 1.807) is 7.11 Å². The predicted molar refractivity (Wildman–Crippen MR) is 96.3 cm³/mol. The molecule has 1 rings (SSSR count). The van der Waals surface area contributed by atoms with Crippen LogP contribution in [-0.2, 0) is 6.54 Å². The first-order valence-corrected chi connectivity index (χ1v) is 9.17. The van der Waals surface area contributed by atoms with Crippen molar-refractivity contribution in [3.63, 3.8) is 0 Å². The van der Waals surface area contributed by atoms with Crippen molar-refractivity contribution in [3.8, 4) is 5.75 Å². The van der Waals surface area contributed by atoms with Crippen LogP contribution in [0.2, 0.25) is 0 Å². The van der Waals surface area contributed by atoms with Crippen molar-refractivity contribution in [2.24, 2.45) is 0 Å². The third-order valence-corrected chi connectivity index (χ3v) is 4.64. The summed E-state index contributed by atoms with van der Waals surface area (Å²) in [4.78, 5) is 0. The third kappa shape index (κ3) is 6.39. The number of benzene rings is 1. The topological polar surface area (TPSA) is 9.23 Å². The van der Waals surface area contributed by atoms with Crippen molar-refractivity contribution >= 4 is 0 Å². The van der Waals surface area contributed by atoms with Crippen LogP contribution in [0.3, 0.4) is 0 Å². The molecule has 2 nitrogen and oxygen atoms in total. The summed E-state index contributed by atoms with van der Waals surface area (Å²) in [5.74, 6) is 0.956. The molecule has 1 aromatic carbocycles. The Morgan fingerprint density at radius 3 is 1.59 bits per heavy atom. The number of nitrogens with zero attached hydrogens (tertiary/aromatic N) is 1. The Morgan fingerprint density at radius 2 is 1.23 bits per heavy atom. The van der Waals surface area contributed by atoms with Gasteiger partial charge in [-0.25, -0.2) is 0 Å². The molecule has 0 spiro atoms. The second-order valence-electron chi connectivity index (χ2n) is 6.58. The summed E-state index contributed by atoms with van der Waals surface area (Å²) in [5.41, 5.74) is 1.45. The Balaban J connectivity index is 2.87. The zero-order valence-corrected chi connectivity index (χ0v) is 15.2. The van der Waals surface area contributed by atoms with Crippen LogP contribution in [0, 0.1) is 0 Å². The van der Waals surface area contributed by atoms with Gasteiger partial charge in [0, 0.05) is 5.56 Å². The van der Waals surface area contributed by atoms with Crippen molar-refractivity contribution in [2.75, 3.05) is 26.7 Å². The number of ether oxygens (including phenoxy) is 1. The van der Waals surface area contributed by atoms with Crippen molar-refractivity contribution in [2.45, 2.75) is 65.8 Å². The normalized spacial score (nSPS) is 11.6. The molecule has 0 saturated carbocycles. The van der Waals surface area contributed by atoms with Gasteiger partial charge in [0.15, 0.2) is 0 Å². The molecule has 126 valence electrons. The van der Waals surface area contributed by atoms with Crippen LogP contribution >= 0.6 is 0 Å². The maximum absolute atomic E-state index is 5.29. The van der Waals surface area contributed by atoms with Gasteiger partial charge in [-0.2, -0.15) is 0 Å². The molecule has 1 aromatic rings. The summed E-state index contributed by atoms with van der Waals surface area (Å²) in [7, 11) is 1.74. The van der Waals surface area contributed by atoms with Gasteiger partial charge in [0.2, 0.25) is 0 Å². The van der Waals surface area contributed by atoms with Crippen LogP contribution in [0.5, 0.6) is 5.75 Å². The highest BCUT2D eigenvalue weighted by atomic mass is 16.5. The molecule has 0 aliphatic carbocycles. The molecule has 0 radical (unpaired) electrons. The smallest absolute Gasteiger partial charge is 0.118 e. The van der Waals surface area contributed by atoms with E-state index in [-0.39, 0.29) is 0 Å². The van der Waals surface area contributed by atoms with Crippen LogP contribution in [0.4, 0.5) is 0 Å². The van der Waals surface area contributed by atoms with Crippen LogP contribution in [0.15, 0.2) is 24.3 Å². The minimum Gasteiger partial charge on any atom is -0.497 e. The Labute approximate surface area is 138 Å². The lowest BCUT2D eigenvalue weighted by atomic mass is 10.1. The van der Waals surface area contributed by atoms with Gasteiger partial charge in [0.05, 0.1) is 26.7 Å². The second-order valence-corrected chi connectivity index (χ2v) is 6.58. The van der Waals surface area contributed by atoms with E-state index in [9.17, 15) is 0 Å². The highest BCUT2D eigenvalue weighted by Gasteiger charge is 2.26. The fraction of sp³-hybridized carbons (Fsp3) is 0.700. The molecule has 0 aliphatic heterocycles. The van der Waals surface area contributed by atoms with E-state index >= 15 is 0 Å². The summed E-state index contributed by atoms with van der Waals surface area (Å²) in [6.07, 6.45) is 7.89. The van der Waals surface area contributed by atoms with Crippen molar-refractivity contribution in [1.82, 2.24) is 0 Å². The quantitative estimate of drug-likeness (QED) is 0.469. The van der Waals surface area contributed by atoms with Gasteiger partial charge in [-0.15, -0.1) is 0 Å². The highest BCUT2D eigenvalue weighted by molar-refractivity contribution is 5.26. The molecule has 0 N–H and O–H groups in total. The van der Waals surface area contributed by atoms with Crippen LogP contribution in [0.25, 0.3) is 0 Å². The molecule has 0 saturated heterocycles. The maximum Gasteiger partial charge on any atom is 0.118 e. The molecular weight excluding hydrogens is 270 g/mol. The maximum atomic E-state index is 5.29. The first-order chi connectivity index (χ1) is 10.7. The van der Waals surface area contributed by atoms with E-state index in [2.05, 4.69) is 45.0 Å². The van der Waals surface area contributed by atoms with Crippen molar-refractivity contribution in [1.29, 1.82) is 0 Å². The molecule has 0 unspecified atom stereocenters. The molecule has 22 heavy (non-hydrogen) atoms. The molecule has 0 heterocycles. The Hall–Kier alpha value is -1.02. The van der Waals surface area contributed by atoms with E-state index in [1.165, 1.54) is 74.8 Å². The summed E-state index contributed by atoms with van der Waals surface area (Å²) in [5, 5.41) is 0. The van der Waals surface area contributed by atoms with Gasteiger partial charge < -0.3 is 9.22 Å². The fourth-order valence-electron chi connectivity index (χ4n) is 3.17. The lowest BCUT2D eigenvalue weighted by Crippen LogP contribution is -2.49. The molecule has 0 amide bonds. The van der Waals surface area contributed by atoms with Crippen LogP contribution < -0.4 is 4.74 Å². The average Bonchev–Trinajstić information content (AvgIpc) is 2.56. The predicted octanol–water partition coefficient (Wildman–Crippen LogP) is 5.41. The van der Waals surface area contributed by atoms with Gasteiger partial charge in [0.25, 0.3) is 0 Å². The molecular formula is C20H36NO+. The van der Waals surface area contributed by atoms with Gasteiger partial charge in [0.1, 0.15) is 12.3 Å². The van der Waals surface area contributed by atoms with Crippen molar-refractivity contribution in [3.05, 3.63) is 29.8 Å². The van der Waals surface area contributed by atoms with Gasteiger partial charge in [-0.3, -0.25) is 0 Å². The minimum atomic E-state index is 0.956. The van der Waals surface area contributed by atoms with E-state index in [0.29, 0.717) is 0 Å². The van der Waals surface area contributed by atoms with E-state index in [0.717, 1.165) is 5.75 Å².